The Hall–Kier alpha value is -1.14. The first-order chi connectivity index (χ1) is 8.27. The van der Waals surface area contributed by atoms with E-state index in [1.807, 2.05) is 13.8 Å². The molecule has 2 N–H and O–H groups in total. The minimum absolute atomic E-state index is 0.0438. The Morgan fingerprint density at radius 1 is 1.39 bits per heavy atom. The van der Waals surface area contributed by atoms with E-state index in [-0.39, 0.29) is 5.69 Å². The maximum absolute atomic E-state index is 13.8. The molecule has 1 aliphatic rings. The minimum atomic E-state index is -3.87. The Morgan fingerprint density at radius 3 is 2.56 bits per heavy atom. The number of sulfonamides is 1. The first-order valence-electron chi connectivity index (χ1n) is 5.84. The van der Waals surface area contributed by atoms with E-state index in [0.29, 0.717) is 6.54 Å². The summed E-state index contributed by atoms with van der Waals surface area (Å²) < 4.78 is 40.1. The fourth-order valence-corrected chi connectivity index (χ4v) is 4.45. The number of anilines is 1. The van der Waals surface area contributed by atoms with Crippen LogP contribution in [0, 0.1) is 5.82 Å². The van der Waals surface area contributed by atoms with E-state index in [1.165, 1.54) is 16.4 Å². The average Bonchev–Trinajstić information content (AvgIpc) is 2.58. The lowest BCUT2D eigenvalue weighted by Crippen LogP contribution is -2.43. The van der Waals surface area contributed by atoms with Crippen LogP contribution in [0.5, 0.6) is 0 Å². The number of hydrogen-bond acceptors (Lipinski definition) is 3. The zero-order valence-electron chi connectivity index (χ0n) is 10.5. The van der Waals surface area contributed by atoms with Gasteiger partial charge in [-0.05, 0) is 38.8 Å². The van der Waals surface area contributed by atoms with Crippen molar-refractivity contribution in [3.8, 4) is 0 Å². The summed E-state index contributed by atoms with van der Waals surface area (Å²) in [6.45, 7) is 4.09. The number of nitrogen functional groups attached to an aromatic ring is 1. The van der Waals surface area contributed by atoms with Crippen molar-refractivity contribution in [3.05, 3.63) is 24.0 Å². The first kappa shape index (κ1) is 13.3. The van der Waals surface area contributed by atoms with Gasteiger partial charge in [-0.1, -0.05) is 6.07 Å². The Kier molecular flexibility index (Phi) is 3.11. The average molecular weight is 272 g/mol. The van der Waals surface area contributed by atoms with E-state index in [4.69, 9.17) is 5.73 Å². The lowest BCUT2D eigenvalue weighted by Gasteiger charge is -2.30. The van der Waals surface area contributed by atoms with E-state index in [0.717, 1.165) is 18.9 Å². The predicted molar refractivity (Wildman–Crippen MR) is 68.0 cm³/mol. The molecule has 0 atom stereocenters. The van der Waals surface area contributed by atoms with E-state index in [1.54, 1.807) is 0 Å². The van der Waals surface area contributed by atoms with Gasteiger partial charge in [0.1, 0.15) is 10.7 Å². The van der Waals surface area contributed by atoms with E-state index < -0.39 is 26.3 Å². The fraction of sp³-hybridized carbons (Fsp3) is 0.500. The van der Waals surface area contributed by atoms with Crippen molar-refractivity contribution in [2.75, 3.05) is 12.3 Å². The number of hydrogen-bond donors (Lipinski definition) is 1. The van der Waals surface area contributed by atoms with Gasteiger partial charge >= 0.3 is 0 Å². The molecule has 6 heteroatoms. The van der Waals surface area contributed by atoms with E-state index in [2.05, 4.69) is 0 Å². The lowest BCUT2D eigenvalue weighted by molar-refractivity contribution is 0.291. The molecule has 0 bridgehead atoms. The van der Waals surface area contributed by atoms with Crippen molar-refractivity contribution in [1.29, 1.82) is 0 Å². The van der Waals surface area contributed by atoms with Crippen LogP contribution >= 0.6 is 0 Å². The molecule has 4 nitrogen and oxygen atoms in total. The summed E-state index contributed by atoms with van der Waals surface area (Å²) in [7, 11) is -3.87. The standard InChI is InChI=1S/C12H17FN2O2S/c1-12(2)7-4-8-15(12)18(16,17)11-9(13)5-3-6-10(11)14/h3,5-6H,4,7-8,14H2,1-2H3. The van der Waals surface area contributed by atoms with Crippen LogP contribution in [0.4, 0.5) is 10.1 Å². The number of nitrogens with zero attached hydrogens (tertiary/aromatic N) is 1. The van der Waals surface area contributed by atoms with Gasteiger partial charge < -0.3 is 5.73 Å². The maximum Gasteiger partial charge on any atom is 0.248 e. The van der Waals surface area contributed by atoms with Crippen LogP contribution in [-0.2, 0) is 10.0 Å². The van der Waals surface area contributed by atoms with E-state index >= 15 is 0 Å². The summed E-state index contributed by atoms with van der Waals surface area (Å²) in [5.74, 6) is -0.794. The Bertz CT molecular complexity index is 549. The van der Waals surface area contributed by atoms with Crippen LogP contribution in [0.15, 0.2) is 23.1 Å². The SMILES string of the molecule is CC1(C)CCCN1S(=O)(=O)c1c(N)cccc1F. The van der Waals surface area contributed by atoms with Gasteiger partial charge in [-0.3, -0.25) is 0 Å². The van der Waals surface area contributed by atoms with Gasteiger partial charge in [-0.2, -0.15) is 4.31 Å². The van der Waals surface area contributed by atoms with Gasteiger partial charge in [0, 0.05) is 12.1 Å². The van der Waals surface area contributed by atoms with Crippen LogP contribution in [0.2, 0.25) is 0 Å². The van der Waals surface area contributed by atoms with Crippen LogP contribution in [-0.4, -0.2) is 24.8 Å². The summed E-state index contributed by atoms with van der Waals surface area (Å²) in [5, 5.41) is 0. The summed E-state index contributed by atoms with van der Waals surface area (Å²) in [5.41, 5.74) is 5.08. The molecule has 1 heterocycles. The van der Waals surface area contributed by atoms with Gasteiger partial charge in [0.15, 0.2) is 0 Å². The molecular formula is C12H17FN2O2S. The predicted octanol–water partition coefficient (Wildman–Crippen LogP) is 1.97. The van der Waals surface area contributed by atoms with Crippen molar-refractivity contribution in [2.45, 2.75) is 37.1 Å². The Labute approximate surface area is 107 Å². The van der Waals surface area contributed by atoms with Crippen LogP contribution in [0.1, 0.15) is 26.7 Å². The van der Waals surface area contributed by atoms with Crippen LogP contribution in [0.25, 0.3) is 0 Å². The molecule has 2 rings (SSSR count). The van der Waals surface area contributed by atoms with Gasteiger partial charge in [0.05, 0.1) is 5.69 Å². The molecular weight excluding hydrogens is 255 g/mol. The molecule has 1 aromatic carbocycles. The second kappa shape index (κ2) is 4.20. The molecule has 1 aliphatic heterocycles. The molecule has 1 aromatic rings. The minimum Gasteiger partial charge on any atom is -0.398 e. The number of nitrogens with two attached hydrogens (primary N) is 1. The molecule has 1 fully saturated rings. The summed E-state index contributed by atoms with van der Waals surface area (Å²) in [6.07, 6.45) is 1.54. The summed E-state index contributed by atoms with van der Waals surface area (Å²) in [4.78, 5) is -0.403. The maximum atomic E-state index is 13.8. The van der Waals surface area contributed by atoms with Gasteiger partial charge in [0.25, 0.3) is 0 Å². The second-order valence-corrected chi connectivity index (χ2v) is 6.95. The van der Waals surface area contributed by atoms with Crippen molar-refractivity contribution in [3.63, 3.8) is 0 Å². The lowest BCUT2D eigenvalue weighted by atomic mass is 10.0. The summed E-state index contributed by atoms with van der Waals surface area (Å²) >= 11 is 0. The molecule has 18 heavy (non-hydrogen) atoms. The van der Waals surface area contributed by atoms with Gasteiger partial charge in [-0.25, -0.2) is 12.8 Å². The first-order valence-corrected chi connectivity index (χ1v) is 7.28. The zero-order valence-corrected chi connectivity index (χ0v) is 11.3. The second-order valence-electron chi connectivity index (χ2n) is 5.15. The third-order valence-corrected chi connectivity index (χ3v) is 5.57. The van der Waals surface area contributed by atoms with E-state index in [9.17, 15) is 12.8 Å². The highest BCUT2D eigenvalue weighted by Gasteiger charge is 2.42. The zero-order chi connectivity index (χ0) is 13.6. The molecule has 0 saturated carbocycles. The van der Waals surface area contributed by atoms with Crippen LogP contribution in [0.3, 0.4) is 0 Å². The highest BCUT2D eigenvalue weighted by Crippen LogP contribution is 2.36. The molecule has 0 aromatic heterocycles. The highest BCUT2D eigenvalue weighted by molar-refractivity contribution is 7.89. The topological polar surface area (TPSA) is 63.4 Å². The Balaban J connectivity index is 2.56. The van der Waals surface area contributed by atoms with Crippen LogP contribution < -0.4 is 5.73 Å². The normalized spacial score (nSPS) is 20.2. The van der Waals surface area contributed by atoms with Crippen molar-refractivity contribution in [1.82, 2.24) is 4.31 Å². The molecule has 0 unspecified atom stereocenters. The third-order valence-electron chi connectivity index (χ3n) is 3.37. The fourth-order valence-electron chi connectivity index (χ4n) is 2.44. The quantitative estimate of drug-likeness (QED) is 0.837. The van der Waals surface area contributed by atoms with Gasteiger partial charge in [0.2, 0.25) is 10.0 Å². The van der Waals surface area contributed by atoms with Gasteiger partial charge in [-0.15, -0.1) is 0 Å². The highest BCUT2D eigenvalue weighted by atomic mass is 32.2. The van der Waals surface area contributed by atoms with Crippen molar-refractivity contribution < 1.29 is 12.8 Å². The molecule has 0 radical (unpaired) electrons. The molecule has 1 saturated heterocycles. The summed E-state index contributed by atoms with van der Waals surface area (Å²) in [6, 6.07) is 3.92. The molecule has 0 spiro atoms. The smallest absolute Gasteiger partial charge is 0.248 e. The third kappa shape index (κ3) is 1.99. The molecule has 0 aliphatic carbocycles. The number of halogens is 1. The monoisotopic (exact) mass is 272 g/mol. The number of benzene rings is 1. The molecule has 100 valence electrons. The van der Waals surface area contributed by atoms with Crippen molar-refractivity contribution >= 4 is 15.7 Å². The largest absolute Gasteiger partial charge is 0.398 e. The Morgan fingerprint density at radius 2 is 2.06 bits per heavy atom. The molecule has 0 amide bonds. The van der Waals surface area contributed by atoms with Crippen molar-refractivity contribution in [2.24, 2.45) is 0 Å². The number of rotatable bonds is 2.